The number of carbonyl (C=O) groups is 1. The van der Waals surface area contributed by atoms with Gasteiger partial charge < -0.3 is 15.5 Å². The van der Waals surface area contributed by atoms with Gasteiger partial charge in [0.05, 0.1) is 5.01 Å². The summed E-state index contributed by atoms with van der Waals surface area (Å²) >= 11 is 1.62. The van der Waals surface area contributed by atoms with E-state index >= 15 is 0 Å². The van der Waals surface area contributed by atoms with Crippen LogP contribution in [0.25, 0.3) is 0 Å². The molecule has 2 amide bonds. The average molecular weight is 282 g/mol. The largest absolute Gasteiger partial charge is 0.338 e. The average Bonchev–Trinajstić information content (AvgIpc) is 2.92. The molecule has 0 spiro atoms. The second-order valence-corrected chi connectivity index (χ2v) is 5.79. The van der Waals surface area contributed by atoms with Gasteiger partial charge in [0.25, 0.3) is 0 Å². The first-order chi connectivity index (χ1) is 9.28. The van der Waals surface area contributed by atoms with Crippen LogP contribution in [-0.2, 0) is 6.42 Å². The van der Waals surface area contributed by atoms with Gasteiger partial charge in [-0.15, -0.1) is 11.3 Å². The van der Waals surface area contributed by atoms with Crippen molar-refractivity contribution in [1.82, 2.24) is 20.5 Å². The Labute approximate surface area is 118 Å². The highest BCUT2D eigenvalue weighted by atomic mass is 32.1. The molecule has 0 radical (unpaired) electrons. The van der Waals surface area contributed by atoms with Crippen LogP contribution in [0.1, 0.15) is 24.8 Å². The lowest BCUT2D eigenvalue weighted by atomic mass is 10.1. The Balaban J connectivity index is 1.63. The third kappa shape index (κ3) is 4.80. The van der Waals surface area contributed by atoms with Crippen molar-refractivity contribution < 1.29 is 4.79 Å². The molecule has 1 saturated heterocycles. The first kappa shape index (κ1) is 14.3. The molecule has 0 bridgehead atoms. The molecule has 2 heterocycles. The normalized spacial score (nSPS) is 20.2. The van der Waals surface area contributed by atoms with Crippen molar-refractivity contribution in [3.63, 3.8) is 0 Å². The van der Waals surface area contributed by atoms with Crippen LogP contribution >= 0.6 is 11.3 Å². The van der Waals surface area contributed by atoms with Gasteiger partial charge in [0.15, 0.2) is 0 Å². The third-order valence-corrected chi connectivity index (χ3v) is 4.24. The number of carbonyl (C=O) groups excluding carboxylic acids is 1. The molecule has 0 aliphatic carbocycles. The van der Waals surface area contributed by atoms with E-state index in [-0.39, 0.29) is 12.1 Å². The number of hydrogen-bond acceptors (Lipinski definition) is 4. The molecule has 2 N–H and O–H groups in total. The highest BCUT2D eigenvalue weighted by molar-refractivity contribution is 7.09. The molecule has 1 atom stereocenters. The van der Waals surface area contributed by atoms with Crippen LogP contribution in [0.4, 0.5) is 4.79 Å². The van der Waals surface area contributed by atoms with Crippen molar-refractivity contribution >= 4 is 17.4 Å². The second kappa shape index (κ2) is 7.45. The zero-order chi connectivity index (χ0) is 13.5. The number of likely N-dealkylation sites (N-methyl/N-ethyl adjacent to an activating group) is 1. The van der Waals surface area contributed by atoms with E-state index in [4.69, 9.17) is 0 Å². The predicted octanol–water partition coefficient (Wildman–Crippen LogP) is 1.47. The number of piperidine rings is 1. The molecule has 1 fully saturated rings. The van der Waals surface area contributed by atoms with Crippen molar-refractivity contribution in [3.8, 4) is 0 Å². The van der Waals surface area contributed by atoms with Gasteiger partial charge in [-0.3, -0.25) is 0 Å². The van der Waals surface area contributed by atoms with Crippen LogP contribution in [0.5, 0.6) is 0 Å². The summed E-state index contributed by atoms with van der Waals surface area (Å²) in [6, 6.07) is 0.230. The molecule has 0 saturated carbocycles. The summed E-state index contributed by atoms with van der Waals surface area (Å²) in [4.78, 5) is 18.3. The lowest BCUT2D eigenvalue weighted by molar-refractivity contribution is 0.192. The molecule has 1 aromatic rings. The Bertz CT molecular complexity index is 382. The van der Waals surface area contributed by atoms with Crippen molar-refractivity contribution in [2.24, 2.45) is 0 Å². The fourth-order valence-electron chi connectivity index (χ4n) is 2.36. The molecule has 5 nitrogen and oxygen atoms in total. The lowest BCUT2D eigenvalue weighted by Crippen LogP contribution is -2.50. The van der Waals surface area contributed by atoms with Crippen molar-refractivity contribution in [1.29, 1.82) is 0 Å². The van der Waals surface area contributed by atoms with Crippen molar-refractivity contribution in [2.75, 3.05) is 26.2 Å². The molecule has 1 aliphatic rings. The molecule has 106 valence electrons. The molecule has 0 unspecified atom stereocenters. The van der Waals surface area contributed by atoms with Gasteiger partial charge in [-0.05, 0) is 25.9 Å². The van der Waals surface area contributed by atoms with Crippen LogP contribution in [0, 0.1) is 0 Å². The first-order valence-electron chi connectivity index (χ1n) is 6.93. The monoisotopic (exact) mass is 282 g/mol. The Morgan fingerprint density at radius 1 is 1.63 bits per heavy atom. The predicted molar refractivity (Wildman–Crippen MR) is 77.5 cm³/mol. The highest BCUT2D eigenvalue weighted by Gasteiger charge is 2.19. The molecular formula is C13H22N4OS. The number of nitrogens with one attached hydrogen (secondary N) is 2. The maximum Gasteiger partial charge on any atom is 0.315 e. The number of thiazole rings is 1. The number of aromatic nitrogens is 1. The maximum absolute atomic E-state index is 11.8. The number of rotatable bonds is 5. The summed E-state index contributed by atoms with van der Waals surface area (Å²) in [5.74, 6) is 0. The summed E-state index contributed by atoms with van der Waals surface area (Å²) in [5, 5.41) is 8.97. The minimum atomic E-state index is -0.0560. The van der Waals surface area contributed by atoms with E-state index in [2.05, 4.69) is 27.4 Å². The molecule has 0 aromatic carbocycles. The zero-order valence-electron chi connectivity index (χ0n) is 11.4. The van der Waals surface area contributed by atoms with Crippen LogP contribution in [0.15, 0.2) is 11.6 Å². The lowest BCUT2D eigenvalue weighted by Gasteiger charge is -2.32. The molecule has 1 aromatic heterocycles. The van der Waals surface area contributed by atoms with E-state index in [1.165, 1.54) is 0 Å². The third-order valence-electron chi connectivity index (χ3n) is 3.40. The zero-order valence-corrected chi connectivity index (χ0v) is 12.2. The SMILES string of the molecule is CCN1CCC[C@H](NC(=O)NCCc2nccs2)C1. The van der Waals surface area contributed by atoms with Crippen LogP contribution < -0.4 is 10.6 Å². The van der Waals surface area contributed by atoms with Crippen LogP contribution in [0.2, 0.25) is 0 Å². The second-order valence-electron chi connectivity index (χ2n) is 4.81. The number of amides is 2. The Morgan fingerprint density at radius 2 is 2.53 bits per heavy atom. The molecule has 6 heteroatoms. The molecular weight excluding hydrogens is 260 g/mol. The van der Waals surface area contributed by atoms with E-state index in [0.717, 1.165) is 43.9 Å². The number of urea groups is 1. The maximum atomic E-state index is 11.8. The van der Waals surface area contributed by atoms with Gasteiger partial charge >= 0.3 is 6.03 Å². The van der Waals surface area contributed by atoms with E-state index in [0.29, 0.717) is 6.54 Å². The summed E-state index contributed by atoms with van der Waals surface area (Å²) in [6.07, 6.45) is 4.84. The standard InChI is InChI=1S/C13H22N4OS/c1-2-17-8-3-4-11(10-17)16-13(18)15-6-5-12-14-7-9-19-12/h7,9,11H,2-6,8,10H2,1H3,(H2,15,16,18)/t11-/m0/s1. The van der Waals surface area contributed by atoms with Crippen molar-refractivity contribution in [2.45, 2.75) is 32.2 Å². The first-order valence-corrected chi connectivity index (χ1v) is 7.81. The Kier molecular flexibility index (Phi) is 5.60. The smallest absolute Gasteiger partial charge is 0.315 e. The van der Waals surface area contributed by atoms with Gasteiger partial charge in [-0.1, -0.05) is 6.92 Å². The summed E-state index contributed by atoms with van der Waals surface area (Å²) in [7, 11) is 0. The number of likely N-dealkylation sites (tertiary alicyclic amines) is 1. The number of hydrogen-bond donors (Lipinski definition) is 2. The topological polar surface area (TPSA) is 57.3 Å². The van der Waals surface area contributed by atoms with E-state index in [1.807, 2.05) is 5.38 Å². The molecule has 2 rings (SSSR count). The van der Waals surface area contributed by atoms with E-state index in [9.17, 15) is 4.79 Å². The molecule has 1 aliphatic heterocycles. The fourth-order valence-corrected chi connectivity index (χ4v) is 2.98. The van der Waals surface area contributed by atoms with E-state index < -0.39 is 0 Å². The van der Waals surface area contributed by atoms with Crippen LogP contribution in [-0.4, -0.2) is 48.1 Å². The Morgan fingerprint density at radius 3 is 3.26 bits per heavy atom. The minimum Gasteiger partial charge on any atom is -0.338 e. The fraction of sp³-hybridized carbons (Fsp3) is 0.692. The highest BCUT2D eigenvalue weighted by Crippen LogP contribution is 2.09. The van der Waals surface area contributed by atoms with Gasteiger partial charge in [-0.25, -0.2) is 9.78 Å². The van der Waals surface area contributed by atoms with E-state index in [1.54, 1.807) is 17.5 Å². The summed E-state index contributed by atoms with van der Waals surface area (Å²) in [6.45, 7) is 5.99. The Hall–Kier alpha value is -1.14. The van der Waals surface area contributed by atoms with Crippen LogP contribution in [0.3, 0.4) is 0 Å². The number of nitrogens with zero attached hydrogens (tertiary/aromatic N) is 2. The molecule has 19 heavy (non-hydrogen) atoms. The van der Waals surface area contributed by atoms with Crippen molar-refractivity contribution in [3.05, 3.63) is 16.6 Å². The van der Waals surface area contributed by atoms with Gasteiger partial charge in [-0.2, -0.15) is 0 Å². The minimum absolute atomic E-state index is 0.0560. The summed E-state index contributed by atoms with van der Waals surface area (Å²) < 4.78 is 0. The van der Waals surface area contributed by atoms with Gasteiger partial charge in [0, 0.05) is 37.1 Å². The summed E-state index contributed by atoms with van der Waals surface area (Å²) in [5.41, 5.74) is 0. The quantitative estimate of drug-likeness (QED) is 0.860. The van der Waals surface area contributed by atoms with Gasteiger partial charge in [0.1, 0.15) is 0 Å². The van der Waals surface area contributed by atoms with Gasteiger partial charge in [0.2, 0.25) is 0 Å².